The minimum Gasteiger partial charge on any atom is -0.481 e. The van der Waals surface area contributed by atoms with E-state index in [1.54, 1.807) is 40.0 Å². The lowest BCUT2D eigenvalue weighted by Gasteiger charge is -2.30. The highest BCUT2D eigenvalue weighted by Gasteiger charge is 2.40. The lowest BCUT2D eigenvalue weighted by Crippen LogP contribution is -2.59. The van der Waals surface area contributed by atoms with E-state index in [4.69, 9.17) is 22.3 Å². The molecule has 0 spiro atoms. The van der Waals surface area contributed by atoms with Crippen LogP contribution in [0.5, 0.6) is 0 Å². The summed E-state index contributed by atoms with van der Waals surface area (Å²) in [6, 6.07) is -4.31. The number of aliphatic hydroxyl groups is 1. The molecule has 28 heteroatoms. The number of hydrogen-bond donors (Lipinski definition) is 15. The molecule has 0 aliphatic carbocycles. The van der Waals surface area contributed by atoms with Crippen molar-refractivity contribution in [3.8, 4) is 0 Å². The highest BCUT2D eigenvalue weighted by Crippen LogP contribution is 2.22. The van der Waals surface area contributed by atoms with E-state index in [1.807, 2.05) is 18.2 Å². The van der Waals surface area contributed by atoms with E-state index in [0.29, 0.717) is 12.0 Å². The Kier molecular flexibility index (Phi) is 25.9. The van der Waals surface area contributed by atoms with Gasteiger partial charge in [0.1, 0.15) is 48.3 Å². The summed E-state index contributed by atoms with van der Waals surface area (Å²) in [7, 11) is 0. The molecule has 432 valence electrons. The predicted octanol–water partition coefficient (Wildman–Crippen LogP) is -3.33. The van der Waals surface area contributed by atoms with Gasteiger partial charge in [-0.25, -0.2) is 0 Å². The van der Waals surface area contributed by atoms with Crippen LogP contribution in [-0.4, -0.2) is 177 Å². The first-order valence-corrected chi connectivity index (χ1v) is 25.8. The zero-order valence-corrected chi connectivity index (χ0v) is 44.9. The summed E-state index contributed by atoms with van der Waals surface area (Å²) in [5, 5.41) is 49.4. The first-order chi connectivity index (χ1) is 36.7. The molecule has 1 aliphatic rings. The molecule has 9 atom stereocenters. The van der Waals surface area contributed by atoms with Crippen molar-refractivity contribution in [2.45, 2.75) is 154 Å². The number of H-pyrrole nitrogens is 1. The van der Waals surface area contributed by atoms with Gasteiger partial charge in [-0.15, -0.1) is 0 Å². The van der Waals surface area contributed by atoms with Gasteiger partial charge in [-0.1, -0.05) is 45.9 Å². The first kappa shape index (κ1) is 64.4. The minimum absolute atomic E-state index is 0.0221. The van der Waals surface area contributed by atoms with Gasteiger partial charge in [0.15, 0.2) is 5.96 Å². The van der Waals surface area contributed by atoms with Gasteiger partial charge in [-0.3, -0.25) is 57.7 Å². The Hall–Kier alpha value is -7.88. The average Bonchev–Trinajstić information content (AvgIpc) is 4.04. The third-order valence-corrected chi connectivity index (χ3v) is 12.6. The molecule has 1 aromatic carbocycles. The van der Waals surface area contributed by atoms with Crippen LogP contribution in [0.3, 0.4) is 0 Å². The number of aliphatic carboxylic acids is 2. The molecular weight excluding hydrogens is 1020 g/mol. The number of guanidine groups is 1. The van der Waals surface area contributed by atoms with Crippen LogP contribution in [0.25, 0.3) is 10.9 Å². The van der Waals surface area contributed by atoms with Gasteiger partial charge < -0.3 is 84.9 Å². The number of hydrogen-bond acceptors (Lipinski definition) is 14. The number of amides is 9. The number of aliphatic hydroxyl groups excluding tert-OH is 1. The number of nitrogens with zero attached hydrogens (tertiary/aromatic N) is 2. The summed E-state index contributed by atoms with van der Waals surface area (Å²) >= 11 is 0. The largest absolute Gasteiger partial charge is 0.481 e. The van der Waals surface area contributed by atoms with Crippen LogP contribution < -0.4 is 59.7 Å². The fourth-order valence-corrected chi connectivity index (χ4v) is 8.41. The molecule has 1 saturated heterocycles. The summed E-state index contributed by atoms with van der Waals surface area (Å²) in [5.41, 5.74) is 18.2. The Morgan fingerprint density at radius 3 is 1.91 bits per heavy atom. The van der Waals surface area contributed by atoms with E-state index < -0.39 is 139 Å². The van der Waals surface area contributed by atoms with Crippen LogP contribution in [0.15, 0.2) is 35.5 Å². The summed E-state index contributed by atoms with van der Waals surface area (Å²) in [6.07, 6.45) is 1.95. The van der Waals surface area contributed by atoms with Crippen molar-refractivity contribution in [2.24, 2.45) is 34.0 Å². The van der Waals surface area contributed by atoms with Crippen molar-refractivity contribution >= 4 is 82.0 Å². The molecule has 28 nitrogen and oxygen atoms in total. The Bertz CT molecular complexity index is 2480. The van der Waals surface area contributed by atoms with Crippen LogP contribution in [0, 0.1) is 11.8 Å². The van der Waals surface area contributed by atoms with Crippen molar-refractivity contribution in [1.82, 2.24) is 52.4 Å². The summed E-state index contributed by atoms with van der Waals surface area (Å²) in [6.45, 7) is 8.22. The summed E-state index contributed by atoms with van der Waals surface area (Å²) < 4.78 is 0. The number of para-hydroxylation sites is 1. The van der Waals surface area contributed by atoms with Gasteiger partial charge in [0.2, 0.25) is 53.2 Å². The van der Waals surface area contributed by atoms with E-state index in [1.165, 1.54) is 18.7 Å². The third-order valence-electron chi connectivity index (χ3n) is 12.6. The topological polar surface area (TPSA) is 454 Å². The van der Waals surface area contributed by atoms with Crippen LogP contribution in [0.1, 0.15) is 98.5 Å². The van der Waals surface area contributed by atoms with Gasteiger partial charge in [0.05, 0.1) is 19.2 Å². The van der Waals surface area contributed by atoms with Gasteiger partial charge in [0, 0.05) is 43.0 Å². The maximum Gasteiger partial charge on any atom is 0.325 e. The molecule has 9 amide bonds. The standard InChI is InChI=1S/C50H78N14O14/c1-25(2)19-34(44(72)57-27(5)41(69)61-36(45(73)58-28(6)49(77)78)21-29-22-55-32-12-8-7-11-30(29)32)59-39(66)23-56-43(71)37(24-65)63-46(74)35(20-26(3)4)62-47(75)38-14-10-18-64(38)48(76)33(13-9-17-54-50(52)53)60-42(70)31(51)15-16-40(67)68/h7-8,11-12,22,25-28,31,33-38,55,65H,9-10,13-21,23-24,51H2,1-6H3,(H,56,71)(H,57,72)(H,58,73)(H,59,66)(H,60,70)(H,61,69)(H,62,75)(H,63,74)(H,67,68)(H,77,78)(H4,52,53,54)/t27-,28-,31-,33-,34-,35-,36-,37-,38-/m0/s1. The molecule has 18 N–H and O–H groups in total. The molecule has 0 saturated carbocycles. The number of carbonyl (C=O) groups excluding carboxylic acids is 9. The number of rotatable bonds is 32. The Labute approximate surface area is 451 Å². The van der Waals surface area contributed by atoms with Gasteiger partial charge >= 0.3 is 11.9 Å². The van der Waals surface area contributed by atoms with E-state index in [0.717, 1.165) is 10.9 Å². The number of carboxylic acids is 2. The second-order valence-electron chi connectivity index (χ2n) is 20.1. The van der Waals surface area contributed by atoms with Gasteiger partial charge in [0.25, 0.3) is 0 Å². The zero-order valence-electron chi connectivity index (χ0n) is 44.9. The number of carbonyl (C=O) groups is 11. The Balaban J connectivity index is 1.66. The normalized spacial score (nSPS) is 16.2. The molecule has 78 heavy (non-hydrogen) atoms. The molecule has 2 aromatic rings. The maximum absolute atomic E-state index is 14.0. The molecule has 1 fully saturated rings. The second kappa shape index (κ2) is 31.4. The quantitative estimate of drug-likeness (QED) is 0.0194. The smallest absolute Gasteiger partial charge is 0.325 e. The van der Waals surface area contributed by atoms with Gasteiger partial charge in [-0.05, 0) is 82.3 Å². The number of benzene rings is 1. The fourth-order valence-electron chi connectivity index (χ4n) is 8.41. The average molecular weight is 1100 g/mol. The molecule has 3 rings (SSSR count). The second-order valence-corrected chi connectivity index (χ2v) is 20.1. The number of aromatic nitrogens is 1. The van der Waals surface area contributed by atoms with E-state index in [9.17, 15) is 63.0 Å². The van der Waals surface area contributed by atoms with E-state index >= 15 is 0 Å². The third kappa shape index (κ3) is 20.9. The molecule has 1 aliphatic heterocycles. The number of aromatic amines is 1. The minimum atomic E-state index is -1.63. The number of fused-ring (bicyclic) bond motifs is 1. The zero-order chi connectivity index (χ0) is 58.4. The highest BCUT2D eigenvalue weighted by molar-refractivity contribution is 5.98. The first-order valence-electron chi connectivity index (χ1n) is 25.8. The van der Waals surface area contributed by atoms with Crippen LogP contribution >= 0.6 is 0 Å². The Morgan fingerprint density at radius 1 is 0.705 bits per heavy atom. The number of likely N-dealkylation sites (tertiary alicyclic amines) is 1. The van der Waals surface area contributed by atoms with Crippen LogP contribution in [-0.2, 0) is 59.2 Å². The molecular formula is C50H78N14O14. The number of nitrogens with one attached hydrogen (secondary N) is 9. The highest BCUT2D eigenvalue weighted by atomic mass is 16.4. The molecule has 2 heterocycles. The fraction of sp³-hybridized carbons (Fsp3) is 0.600. The van der Waals surface area contributed by atoms with E-state index in [-0.39, 0.29) is 75.8 Å². The van der Waals surface area contributed by atoms with Crippen molar-refractivity contribution < 1.29 is 68.1 Å². The monoisotopic (exact) mass is 1100 g/mol. The lowest BCUT2D eigenvalue weighted by atomic mass is 10.0. The van der Waals surface area contributed by atoms with E-state index in [2.05, 4.69) is 52.5 Å². The summed E-state index contributed by atoms with van der Waals surface area (Å²) in [5.74, 6) is -10.3. The number of nitrogens with two attached hydrogens (primary N) is 3. The van der Waals surface area contributed by atoms with Crippen molar-refractivity contribution in [3.63, 3.8) is 0 Å². The molecule has 0 bridgehead atoms. The predicted molar refractivity (Wildman–Crippen MR) is 283 cm³/mol. The van der Waals surface area contributed by atoms with Crippen molar-refractivity contribution in [1.29, 1.82) is 0 Å². The molecule has 0 unspecified atom stereocenters. The van der Waals surface area contributed by atoms with Crippen LogP contribution in [0.2, 0.25) is 0 Å². The molecule has 0 radical (unpaired) electrons. The Morgan fingerprint density at radius 2 is 1.29 bits per heavy atom. The number of carboxylic acid groups (broad SMARTS) is 2. The number of aliphatic imine (C=N–C) groups is 1. The van der Waals surface area contributed by atoms with Gasteiger partial charge in [-0.2, -0.15) is 0 Å². The summed E-state index contributed by atoms with van der Waals surface area (Å²) in [4.78, 5) is 153. The maximum atomic E-state index is 14.0. The van der Waals surface area contributed by atoms with Crippen LogP contribution in [0.4, 0.5) is 0 Å². The van der Waals surface area contributed by atoms with Crippen molar-refractivity contribution in [3.05, 3.63) is 36.0 Å². The molecule has 1 aromatic heterocycles. The lowest BCUT2D eigenvalue weighted by molar-refractivity contribution is -0.142. The van der Waals surface area contributed by atoms with Crippen molar-refractivity contribution in [2.75, 3.05) is 26.2 Å². The SMILES string of the molecule is CC(C)C[C@H](NC(=O)CNC(=O)[C@H](CO)NC(=O)[C@H](CC(C)C)NC(=O)[C@@H]1CCCN1C(=O)[C@H](CCCN=C(N)N)NC(=O)[C@@H](N)CCC(=O)O)C(=O)N[C@@H](C)C(=O)N[C@@H](Cc1c[nH]c2ccccc12)C(=O)N[C@@H](C)C(=O)O.